The molecule has 2 nitrogen and oxygen atoms in total. The molecule has 2 aromatic rings. The van der Waals surface area contributed by atoms with E-state index in [2.05, 4.69) is 57.2 Å². The average Bonchev–Trinajstić information content (AvgIpc) is 2.70. The van der Waals surface area contributed by atoms with E-state index in [4.69, 9.17) is 5.73 Å². The standard InChI is InChI=1S/C17H19BrN2/c18-13-3-1-12-8-15(4-2-11(12)7-13)20-16-5-6-17(20)10-14(19)9-16/h1-4,7-8,14,16-17H,5-6,9-10,19H2. The minimum absolute atomic E-state index is 0.403. The van der Waals surface area contributed by atoms with Crippen LogP contribution in [-0.4, -0.2) is 18.1 Å². The van der Waals surface area contributed by atoms with Crippen molar-refractivity contribution in [3.05, 3.63) is 40.9 Å². The van der Waals surface area contributed by atoms with Gasteiger partial charge in [-0.25, -0.2) is 0 Å². The largest absolute Gasteiger partial charge is 0.365 e. The normalized spacial score (nSPS) is 29.1. The maximum absolute atomic E-state index is 6.17. The van der Waals surface area contributed by atoms with Crippen molar-refractivity contribution >= 4 is 32.4 Å². The number of rotatable bonds is 1. The van der Waals surface area contributed by atoms with Crippen molar-refractivity contribution in [2.45, 2.75) is 43.8 Å². The Morgan fingerprint density at radius 3 is 2.35 bits per heavy atom. The molecule has 2 saturated heterocycles. The Balaban J connectivity index is 1.74. The molecule has 2 aromatic carbocycles. The molecule has 0 aliphatic carbocycles. The zero-order valence-electron chi connectivity index (χ0n) is 11.4. The second-order valence-electron chi connectivity index (χ2n) is 6.20. The summed E-state index contributed by atoms with van der Waals surface area (Å²) in [5.41, 5.74) is 7.55. The highest BCUT2D eigenvalue weighted by molar-refractivity contribution is 9.10. The first-order valence-corrected chi connectivity index (χ1v) is 8.23. The fourth-order valence-electron chi connectivity index (χ4n) is 4.01. The molecule has 0 spiro atoms. The molecule has 2 fully saturated rings. The number of hydrogen-bond donors (Lipinski definition) is 1. The molecule has 104 valence electrons. The molecule has 2 bridgehead atoms. The van der Waals surface area contributed by atoms with Gasteiger partial charge in [-0.3, -0.25) is 0 Å². The predicted molar refractivity (Wildman–Crippen MR) is 88.1 cm³/mol. The minimum Gasteiger partial charge on any atom is -0.365 e. The van der Waals surface area contributed by atoms with Crippen LogP contribution in [0.1, 0.15) is 25.7 Å². The van der Waals surface area contributed by atoms with Crippen LogP contribution in [0.5, 0.6) is 0 Å². The molecule has 0 amide bonds. The Hall–Kier alpha value is -1.06. The van der Waals surface area contributed by atoms with Gasteiger partial charge >= 0.3 is 0 Å². The summed E-state index contributed by atoms with van der Waals surface area (Å²) in [6.07, 6.45) is 4.90. The number of piperidine rings is 1. The van der Waals surface area contributed by atoms with E-state index in [0.717, 1.165) is 17.3 Å². The summed E-state index contributed by atoms with van der Waals surface area (Å²) in [5.74, 6) is 0. The maximum Gasteiger partial charge on any atom is 0.0377 e. The second-order valence-corrected chi connectivity index (χ2v) is 7.12. The Bertz CT molecular complexity index is 640. The molecular weight excluding hydrogens is 312 g/mol. The maximum atomic E-state index is 6.17. The molecule has 2 N–H and O–H groups in total. The summed E-state index contributed by atoms with van der Waals surface area (Å²) in [4.78, 5) is 2.63. The lowest BCUT2D eigenvalue weighted by Crippen LogP contribution is -2.47. The van der Waals surface area contributed by atoms with Gasteiger partial charge in [-0.15, -0.1) is 0 Å². The van der Waals surface area contributed by atoms with Crippen molar-refractivity contribution < 1.29 is 0 Å². The smallest absolute Gasteiger partial charge is 0.0377 e. The van der Waals surface area contributed by atoms with Crippen molar-refractivity contribution in [2.75, 3.05) is 4.90 Å². The van der Waals surface area contributed by atoms with Crippen molar-refractivity contribution in [3.8, 4) is 0 Å². The van der Waals surface area contributed by atoms with Crippen LogP contribution in [0.25, 0.3) is 10.8 Å². The first kappa shape index (κ1) is 12.7. The summed E-state index contributed by atoms with van der Waals surface area (Å²) in [7, 11) is 0. The van der Waals surface area contributed by atoms with Gasteiger partial charge < -0.3 is 10.6 Å². The summed E-state index contributed by atoms with van der Waals surface area (Å²) >= 11 is 3.54. The molecule has 0 saturated carbocycles. The number of nitrogens with two attached hydrogens (primary N) is 1. The quantitative estimate of drug-likeness (QED) is 0.854. The average molecular weight is 331 g/mol. The highest BCUT2D eigenvalue weighted by Gasteiger charge is 2.39. The van der Waals surface area contributed by atoms with Gasteiger partial charge in [-0.1, -0.05) is 28.1 Å². The molecule has 2 aliphatic rings. The highest BCUT2D eigenvalue weighted by atomic mass is 79.9. The molecule has 2 atom stereocenters. The topological polar surface area (TPSA) is 29.3 Å². The van der Waals surface area contributed by atoms with Crippen LogP contribution >= 0.6 is 15.9 Å². The number of nitrogens with zero attached hydrogens (tertiary/aromatic N) is 1. The molecule has 0 aromatic heterocycles. The lowest BCUT2D eigenvalue weighted by molar-refractivity contribution is 0.415. The zero-order valence-corrected chi connectivity index (χ0v) is 13.0. The molecule has 2 heterocycles. The number of anilines is 1. The SMILES string of the molecule is NC1CC2CCC(C1)N2c1ccc2cc(Br)ccc2c1. The van der Waals surface area contributed by atoms with Crippen LogP contribution in [0.3, 0.4) is 0 Å². The number of fused-ring (bicyclic) bond motifs is 3. The van der Waals surface area contributed by atoms with Crippen LogP contribution in [0.4, 0.5) is 5.69 Å². The lowest BCUT2D eigenvalue weighted by Gasteiger charge is -2.39. The van der Waals surface area contributed by atoms with Gasteiger partial charge in [0, 0.05) is 28.3 Å². The van der Waals surface area contributed by atoms with E-state index >= 15 is 0 Å². The van der Waals surface area contributed by atoms with Gasteiger partial charge in [0.1, 0.15) is 0 Å². The fourth-order valence-corrected chi connectivity index (χ4v) is 4.38. The second kappa shape index (κ2) is 4.74. The van der Waals surface area contributed by atoms with E-state index < -0.39 is 0 Å². The van der Waals surface area contributed by atoms with Gasteiger partial charge in [0.05, 0.1) is 0 Å². The van der Waals surface area contributed by atoms with E-state index in [1.54, 1.807) is 0 Å². The summed E-state index contributed by atoms with van der Waals surface area (Å²) in [5, 5.41) is 2.61. The van der Waals surface area contributed by atoms with Gasteiger partial charge in [-0.2, -0.15) is 0 Å². The van der Waals surface area contributed by atoms with Crippen LogP contribution in [-0.2, 0) is 0 Å². The molecule has 2 unspecified atom stereocenters. The lowest BCUT2D eigenvalue weighted by atomic mass is 9.97. The third-order valence-corrected chi connectivity index (χ3v) is 5.35. The van der Waals surface area contributed by atoms with Gasteiger partial charge in [0.25, 0.3) is 0 Å². The van der Waals surface area contributed by atoms with Crippen molar-refractivity contribution in [1.82, 2.24) is 0 Å². The molecular formula is C17H19BrN2. The minimum atomic E-state index is 0.403. The van der Waals surface area contributed by atoms with Crippen LogP contribution in [0.2, 0.25) is 0 Å². The first-order chi connectivity index (χ1) is 9.70. The fraction of sp³-hybridized carbons (Fsp3) is 0.412. The van der Waals surface area contributed by atoms with Gasteiger partial charge in [-0.05, 0) is 60.7 Å². The molecule has 3 heteroatoms. The summed E-state index contributed by atoms with van der Waals surface area (Å²) in [6, 6.07) is 15.0. The van der Waals surface area contributed by atoms with Crippen molar-refractivity contribution in [2.24, 2.45) is 5.73 Å². The molecule has 4 rings (SSSR count). The van der Waals surface area contributed by atoms with Crippen LogP contribution < -0.4 is 10.6 Å². The molecule has 20 heavy (non-hydrogen) atoms. The zero-order chi connectivity index (χ0) is 13.7. The Morgan fingerprint density at radius 2 is 1.60 bits per heavy atom. The predicted octanol–water partition coefficient (Wildman–Crippen LogP) is 4.06. The Kier molecular flexibility index (Phi) is 3.00. The van der Waals surface area contributed by atoms with Crippen molar-refractivity contribution in [1.29, 1.82) is 0 Å². The third-order valence-electron chi connectivity index (χ3n) is 4.85. The van der Waals surface area contributed by atoms with Crippen LogP contribution in [0.15, 0.2) is 40.9 Å². The number of hydrogen-bond acceptors (Lipinski definition) is 2. The third kappa shape index (κ3) is 2.04. The van der Waals surface area contributed by atoms with Crippen molar-refractivity contribution in [3.63, 3.8) is 0 Å². The van der Waals surface area contributed by atoms with E-state index in [1.165, 1.54) is 29.3 Å². The van der Waals surface area contributed by atoms with Gasteiger partial charge in [0.15, 0.2) is 0 Å². The molecule has 2 aliphatic heterocycles. The van der Waals surface area contributed by atoms with E-state index in [0.29, 0.717) is 18.1 Å². The van der Waals surface area contributed by atoms with E-state index in [1.807, 2.05) is 0 Å². The van der Waals surface area contributed by atoms with E-state index in [-0.39, 0.29) is 0 Å². The molecule has 0 radical (unpaired) electrons. The monoisotopic (exact) mass is 330 g/mol. The number of benzene rings is 2. The highest BCUT2D eigenvalue weighted by Crippen LogP contribution is 2.39. The van der Waals surface area contributed by atoms with E-state index in [9.17, 15) is 0 Å². The first-order valence-electron chi connectivity index (χ1n) is 7.44. The Labute approximate surface area is 128 Å². The van der Waals surface area contributed by atoms with Gasteiger partial charge in [0.2, 0.25) is 0 Å². The summed E-state index contributed by atoms with van der Waals surface area (Å²) in [6.45, 7) is 0. The van der Waals surface area contributed by atoms with Crippen LogP contribution in [0, 0.1) is 0 Å². The number of halogens is 1. The summed E-state index contributed by atoms with van der Waals surface area (Å²) < 4.78 is 1.14. The Morgan fingerprint density at radius 1 is 0.950 bits per heavy atom.